The normalized spacial score (nSPS) is 11.7. The second kappa shape index (κ2) is 13.3. The Morgan fingerprint density at radius 1 is 1.00 bits per heavy atom. The van der Waals surface area contributed by atoms with E-state index in [4.69, 9.17) is 0 Å². The summed E-state index contributed by atoms with van der Waals surface area (Å²) < 4.78 is 1.85. The number of carbonyl (C=O) groups is 2. The molecule has 0 aliphatic heterocycles. The van der Waals surface area contributed by atoms with Gasteiger partial charge in [0.1, 0.15) is 0 Å². The van der Waals surface area contributed by atoms with Crippen LogP contribution in [0.2, 0.25) is 0 Å². The number of nitrogens with zero attached hydrogens (tertiary/aromatic N) is 5. The summed E-state index contributed by atoms with van der Waals surface area (Å²) in [7, 11) is 0. The van der Waals surface area contributed by atoms with Crippen LogP contribution < -0.4 is 10.6 Å². The van der Waals surface area contributed by atoms with Gasteiger partial charge in [0.05, 0.1) is 23.2 Å². The van der Waals surface area contributed by atoms with E-state index in [0.29, 0.717) is 34.5 Å². The maximum atomic E-state index is 12.7. The van der Waals surface area contributed by atoms with Crippen molar-refractivity contribution in [3.63, 3.8) is 0 Å². The van der Waals surface area contributed by atoms with Gasteiger partial charge in [0, 0.05) is 17.8 Å². The highest BCUT2D eigenvalue weighted by atomic mass is 32.2. The summed E-state index contributed by atoms with van der Waals surface area (Å²) in [4.78, 5) is 25.3. The van der Waals surface area contributed by atoms with Gasteiger partial charge < -0.3 is 15.2 Å². The van der Waals surface area contributed by atoms with Crippen LogP contribution in [0.15, 0.2) is 107 Å². The number of hydrogen-bond acceptors (Lipinski definition) is 7. The van der Waals surface area contributed by atoms with Crippen LogP contribution in [0, 0.1) is 6.92 Å². The van der Waals surface area contributed by atoms with E-state index >= 15 is 0 Å². The van der Waals surface area contributed by atoms with Crippen molar-refractivity contribution in [1.82, 2.24) is 20.1 Å². The highest BCUT2D eigenvalue weighted by Gasteiger charge is 2.20. The van der Waals surface area contributed by atoms with Crippen LogP contribution in [0.25, 0.3) is 0 Å². The number of aryl methyl sites for hydroxylation is 1. The van der Waals surface area contributed by atoms with Crippen molar-refractivity contribution in [1.29, 1.82) is 0 Å². The first-order chi connectivity index (χ1) is 18.9. The van der Waals surface area contributed by atoms with Gasteiger partial charge in [-0.15, -0.1) is 16.8 Å². The quantitative estimate of drug-likeness (QED) is 0.130. The van der Waals surface area contributed by atoms with Crippen LogP contribution in [0.1, 0.15) is 34.7 Å². The van der Waals surface area contributed by atoms with Gasteiger partial charge in [0.25, 0.3) is 5.91 Å². The molecule has 10 heteroatoms. The van der Waals surface area contributed by atoms with E-state index < -0.39 is 6.04 Å². The molecule has 39 heavy (non-hydrogen) atoms. The number of carbonyl (C=O) groups excluding carboxylic acids is 2. The van der Waals surface area contributed by atoms with Crippen molar-refractivity contribution in [3.05, 3.63) is 108 Å². The van der Waals surface area contributed by atoms with Gasteiger partial charge in [-0.3, -0.25) is 9.59 Å². The third kappa shape index (κ3) is 7.71. The SMILES string of the molecule is C=CCn1c(SCC(=O)Nc2ccc(N=Nc3ccccc3)cc2)nnc1[C@@H](C)NC(=O)c1cccc(C)c1. The molecule has 0 spiro atoms. The number of amides is 2. The monoisotopic (exact) mass is 539 g/mol. The minimum atomic E-state index is -0.397. The maximum absolute atomic E-state index is 12.7. The molecule has 0 aliphatic carbocycles. The van der Waals surface area contributed by atoms with Crippen molar-refractivity contribution in [2.45, 2.75) is 31.6 Å². The number of benzene rings is 3. The first kappa shape index (κ1) is 27.5. The third-order valence-corrected chi connectivity index (χ3v) is 6.56. The minimum absolute atomic E-state index is 0.134. The van der Waals surface area contributed by atoms with Gasteiger partial charge in [-0.2, -0.15) is 10.2 Å². The van der Waals surface area contributed by atoms with Gasteiger partial charge in [-0.1, -0.05) is 53.7 Å². The zero-order valence-electron chi connectivity index (χ0n) is 21.7. The molecular weight excluding hydrogens is 510 g/mol. The van der Waals surface area contributed by atoms with Crippen molar-refractivity contribution < 1.29 is 9.59 Å². The van der Waals surface area contributed by atoms with Crippen LogP contribution in [0.5, 0.6) is 0 Å². The highest BCUT2D eigenvalue weighted by molar-refractivity contribution is 7.99. The molecule has 2 amide bonds. The highest BCUT2D eigenvalue weighted by Crippen LogP contribution is 2.23. The van der Waals surface area contributed by atoms with Crippen LogP contribution in [-0.2, 0) is 11.3 Å². The summed E-state index contributed by atoms with van der Waals surface area (Å²) in [5.41, 5.74) is 3.68. The molecule has 4 rings (SSSR count). The molecular formula is C29H29N7O2S. The molecule has 4 aromatic rings. The lowest BCUT2D eigenvalue weighted by atomic mass is 10.1. The molecule has 2 N–H and O–H groups in total. The van der Waals surface area contributed by atoms with Gasteiger partial charge in [0.15, 0.2) is 11.0 Å². The minimum Gasteiger partial charge on any atom is -0.342 e. The Labute approximate surface area is 231 Å². The first-order valence-electron chi connectivity index (χ1n) is 12.3. The molecule has 0 unspecified atom stereocenters. The molecule has 0 saturated carbocycles. The molecule has 0 radical (unpaired) electrons. The number of aromatic nitrogens is 3. The molecule has 3 aromatic carbocycles. The van der Waals surface area contributed by atoms with E-state index in [1.54, 1.807) is 36.4 Å². The Morgan fingerprint density at radius 2 is 1.72 bits per heavy atom. The topological polar surface area (TPSA) is 114 Å². The maximum Gasteiger partial charge on any atom is 0.251 e. The number of thioether (sulfide) groups is 1. The molecule has 0 bridgehead atoms. The summed E-state index contributed by atoms with van der Waals surface area (Å²) >= 11 is 1.26. The zero-order valence-corrected chi connectivity index (χ0v) is 22.6. The largest absolute Gasteiger partial charge is 0.342 e. The second-order valence-corrected chi connectivity index (χ2v) is 9.67. The average Bonchev–Trinajstić information content (AvgIpc) is 3.35. The predicted molar refractivity (Wildman–Crippen MR) is 154 cm³/mol. The van der Waals surface area contributed by atoms with Gasteiger partial charge in [-0.25, -0.2) is 0 Å². The standard InChI is InChI=1S/C29H29N7O2S/c1-4-17-36-27(21(3)30-28(38)22-10-8-9-20(2)18-22)34-35-29(36)39-19-26(37)31-23-13-15-25(16-14-23)33-32-24-11-6-5-7-12-24/h4-16,18,21H,1,17,19H2,2-3H3,(H,30,38)(H,31,37)/t21-/m1/s1. The third-order valence-electron chi connectivity index (χ3n) is 5.59. The van der Waals surface area contributed by atoms with E-state index in [1.165, 1.54) is 11.8 Å². The van der Waals surface area contributed by atoms with Crippen molar-refractivity contribution in [3.8, 4) is 0 Å². The number of rotatable bonds is 11. The average molecular weight is 540 g/mol. The van der Waals surface area contributed by atoms with Crippen molar-refractivity contribution in [2.75, 3.05) is 11.1 Å². The Kier molecular flexibility index (Phi) is 9.36. The fourth-order valence-electron chi connectivity index (χ4n) is 3.71. The number of anilines is 1. The van der Waals surface area contributed by atoms with Crippen LogP contribution in [0.4, 0.5) is 17.1 Å². The van der Waals surface area contributed by atoms with Gasteiger partial charge in [0.2, 0.25) is 5.91 Å². The van der Waals surface area contributed by atoms with Crippen LogP contribution >= 0.6 is 11.8 Å². The Morgan fingerprint density at radius 3 is 2.41 bits per heavy atom. The van der Waals surface area contributed by atoms with Crippen LogP contribution in [-0.4, -0.2) is 32.3 Å². The second-order valence-electron chi connectivity index (χ2n) is 8.72. The predicted octanol–water partition coefficient (Wildman–Crippen LogP) is 6.41. The van der Waals surface area contributed by atoms with Crippen molar-refractivity contribution >= 4 is 40.6 Å². The molecule has 1 aromatic heterocycles. The first-order valence-corrected chi connectivity index (χ1v) is 13.3. The number of nitrogens with one attached hydrogen (secondary N) is 2. The number of allylic oxidation sites excluding steroid dienone is 1. The Balaban J connectivity index is 1.34. The lowest BCUT2D eigenvalue weighted by molar-refractivity contribution is -0.113. The summed E-state index contributed by atoms with van der Waals surface area (Å²) in [5, 5.41) is 23.4. The number of hydrogen-bond donors (Lipinski definition) is 2. The Bertz CT molecular complexity index is 1470. The Hall–Kier alpha value is -4.57. The summed E-state index contributed by atoms with van der Waals surface area (Å²) in [6.07, 6.45) is 1.72. The van der Waals surface area contributed by atoms with Gasteiger partial charge in [-0.05, 0) is 62.4 Å². The molecule has 0 saturated heterocycles. The fraction of sp³-hybridized carbons (Fsp3) is 0.172. The molecule has 1 atom stereocenters. The molecule has 1 heterocycles. The molecule has 198 valence electrons. The fourth-order valence-corrected chi connectivity index (χ4v) is 4.46. The molecule has 9 nitrogen and oxygen atoms in total. The van der Waals surface area contributed by atoms with Crippen LogP contribution in [0.3, 0.4) is 0 Å². The van der Waals surface area contributed by atoms with E-state index in [-0.39, 0.29) is 17.6 Å². The van der Waals surface area contributed by atoms with E-state index in [1.807, 2.05) is 66.9 Å². The van der Waals surface area contributed by atoms with E-state index in [2.05, 4.69) is 37.6 Å². The molecule has 0 fully saturated rings. The number of azo groups is 1. The summed E-state index contributed by atoms with van der Waals surface area (Å²) in [6.45, 7) is 8.05. The summed E-state index contributed by atoms with van der Waals surface area (Å²) in [5.74, 6) is 0.336. The van der Waals surface area contributed by atoms with Gasteiger partial charge >= 0.3 is 0 Å². The van der Waals surface area contributed by atoms with Crippen molar-refractivity contribution in [2.24, 2.45) is 10.2 Å². The lowest BCUT2D eigenvalue weighted by Crippen LogP contribution is -2.28. The van der Waals surface area contributed by atoms with E-state index in [9.17, 15) is 9.59 Å². The van der Waals surface area contributed by atoms with E-state index in [0.717, 1.165) is 11.3 Å². The zero-order chi connectivity index (χ0) is 27.6. The smallest absolute Gasteiger partial charge is 0.251 e. The summed E-state index contributed by atoms with van der Waals surface area (Å²) in [6, 6.07) is 23.6. The lowest BCUT2D eigenvalue weighted by Gasteiger charge is -2.15. The molecule has 0 aliphatic rings.